The maximum absolute atomic E-state index is 12.9. The molecule has 0 aromatic carbocycles. The Kier molecular flexibility index (Phi) is 3.80. The second-order valence-corrected chi connectivity index (χ2v) is 6.47. The summed E-state index contributed by atoms with van der Waals surface area (Å²) < 4.78 is 5.85. The van der Waals surface area contributed by atoms with E-state index in [0.717, 1.165) is 47.7 Å². The Morgan fingerprint density at radius 2 is 2.21 bits per heavy atom. The van der Waals surface area contributed by atoms with E-state index in [9.17, 15) is 4.79 Å². The van der Waals surface area contributed by atoms with Gasteiger partial charge < -0.3 is 9.64 Å². The molecule has 0 bridgehead atoms. The average Bonchev–Trinajstić information content (AvgIpc) is 3.16. The molecular formula is C17H21N5O2. The summed E-state index contributed by atoms with van der Waals surface area (Å²) >= 11 is 0. The summed E-state index contributed by atoms with van der Waals surface area (Å²) in [6, 6.07) is 1.93. The molecule has 7 nitrogen and oxygen atoms in total. The number of rotatable bonds is 2. The van der Waals surface area contributed by atoms with E-state index in [1.807, 2.05) is 24.8 Å². The maximum Gasteiger partial charge on any atom is 0.274 e. The fraction of sp³-hybridized carbons (Fsp3) is 0.529. The van der Waals surface area contributed by atoms with Crippen molar-refractivity contribution in [1.29, 1.82) is 0 Å². The summed E-state index contributed by atoms with van der Waals surface area (Å²) in [5.74, 6) is 0.715. The van der Waals surface area contributed by atoms with Gasteiger partial charge in [0.25, 0.3) is 5.91 Å². The topological polar surface area (TPSA) is 84.0 Å². The number of aryl methyl sites for hydroxylation is 3. The van der Waals surface area contributed by atoms with Gasteiger partial charge >= 0.3 is 0 Å². The normalized spacial score (nSPS) is 20.2. The van der Waals surface area contributed by atoms with E-state index < -0.39 is 0 Å². The van der Waals surface area contributed by atoms with Crippen LogP contribution in [0.3, 0.4) is 0 Å². The monoisotopic (exact) mass is 327 g/mol. The largest absolute Gasteiger partial charge is 0.368 e. The number of aromatic nitrogens is 4. The van der Waals surface area contributed by atoms with Crippen molar-refractivity contribution in [3.63, 3.8) is 0 Å². The van der Waals surface area contributed by atoms with E-state index in [1.54, 1.807) is 0 Å². The third kappa shape index (κ3) is 2.69. The SMILES string of the molecule is Cc1cc([C@@H]2CN(C(=O)c3n[nH]c4c3CCC4)CCO2)nc(C)n1. The van der Waals surface area contributed by atoms with Gasteiger partial charge in [0.05, 0.1) is 18.8 Å². The highest BCUT2D eigenvalue weighted by Gasteiger charge is 2.31. The van der Waals surface area contributed by atoms with Gasteiger partial charge in [-0.1, -0.05) is 0 Å². The predicted molar refractivity (Wildman–Crippen MR) is 86.7 cm³/mol. The van der Waals surface area contributed by atoms with Crippen molar-refractivity contribution in [2.24, 2.45) is 0 Å². The van der Waals surface area contributed by atoms with Crippen molar-refractivity contribution in [1.82, 2.24) is 25.1 Å². The van der Waals surface area contributed by atoms with Crippen molar-refractivity contribution in [3.8, 4) is 0 Å². The van der Waals surface area contributed by atoms with Crippen LogP contribution in [0, 0.1) is 13.8 Å². The number of aromatic amines is 1. The first-order valence-corrected chi connectivity index (χ1v) is 8.41. The molecule has 1 amide bonds. The van der Waals surface area contributed by atoms with Crippen LogP contribution < -0.4 is 0 Å². The Hall–Kier alpha value is -2.28. The van der Waals surface area contributed by atoms with Gasteiger partial charge in [0.2, 0.25) is 0 Å². The lowest BCUT2D eigenvalue weighted by atomic mass is 10.1. The highest BCUT2D eigenvalue weighted by atomic mass is 16.5. The molecule has 3 heterocycles. The maximum atomic E-state index is 12.9. The minimum absolute atomic E-state index is 0.00907. The van der Waals surface area contributed by atoms with Gasteiger partial charge in [-0.05, 0) is 39.2 Å². The molecule has 126 valence electrons. The lowest BCUT2D eigenvalue weighted by Gasteiger charge is -2.32. The molecule has 2 aromatic heterocycles. The van der Waals surface area contributed by atoms with Gasteiger partial charge in [0, 0.05) is 23.5 Å². The lowest BCUT2D eigenvalue weighted by molar-refractivity contribution is -0.0251. The van der Waals surface area contributed by atoms with Crippen LogP contribution in [0.1, 0.15) is 51.5 Å². The van der Waals surface area contributed by atoms with Gasteiger partial charge in [0.1, 0.15) is 11.9 Å². The third-order valence-corrected chi connectivity index (χ3v) is 4.68. The van der Waals surface area contributed by atoms with Gasteiger partial charge in [-0.25, -0.2) is 9.97 Å². The van der Waals surface area contributed by atoms with Crippen molar-refractivity contribution in [2.45, 2.75) is 39.2 Å². The number of nitrogens with one attached hydrogen (secondary N) is 1. The highest BCUT2D eigenvalue weighted by molar-refractivity contribution is 5.94. The molecule has 1 N–H and O–H groups in total. The standard InChI is InChI=1S/C17H21N5O2/c1-10-8-14(19-11(2)18-10)15-9-22(6-7-24-15)17(23)16-12-4-3-5-13(12)20-21-16/h8,15H,3-7,9H2,1-2H3,(H,20,21)/t15-/m0/s1. The smallest absolute Gasteiger partial charge is 0.274 e. The summed E-state index contributed by atoms with van der Waals surface area (Å²) in [7, 11) is 0. The lowest BCUT2D eigenvalue weighted by Crippen LogP contribution is -2.43. The fourth-order valence-corrected chi connectivity index (χ4v) is 3.57. The molecule has 1 aliphatic carbocycles. The number of carbonyl (C=O) groups excluding carboxylic acids is 1. The number of H-pyrrole nitrogens is 1. The minimum Gasteiger partial charge on any atom is -0.368 e. The molecule has 0 spiro atoms. The van der Waals surface area contributed by atoms with Crippen LogP contribution in [0.15, 0.2) is 6.07 Å². The van der Waals surface area contributed by atoms with Crippen molar-refractivity contribution < 1.29 is 9.53 Å². The first kappa shape index (κ1) is 15.3. The highest BCUT2D eigenvalue weighted by Crippen LogP contribution is 2.26. The van der Waals surface area contributed by atoms with E-state index in [1.165, 1.54) is 0 Å². The number of nitrogens with zero attached hydrogens (tertiary/aromatic N) is 4. The molecular weight excluding hydrogens is 306 g/mol. The fourth-order valence-electron chi connectivity index (χ4n) is 3.57. The molecule has 24 heavy (non-hydrogen) atoms. The quantitative estimate of drug-likeness (QED) is 0.904. The van der Waals surface area contributed by atoms with Crippen LogP contribution in [-0.2, 0) is 17.6 Å². The molecule has 1 aliphatic heterocycles. The number of amides is 1. The van der Waals surface area contributed by atoms with Crippen LogP contribution in [0.2, 0.25) is 0 Å². The van der Waals surface area contributed by atoms with Crippen LogP contribution in [0.25, 0.3) is 0 Å². The van der Waals surface area contributed by atoms with E-state index in [2.05, 4.69) is 20.2 Å². The molecule has 0 saturated carbocycles. The van der Waals surface area contributed by atoms with Gasteiger partial charge in [-0.15, -0.1) is 0 Å². The zero-order valence-corrected chi connectivity index (χ0v) is 14.0. The minimum atomic E-state index is -0.213. The van der Waals surface area contributed by atoms with Crippen LogP contribution in [-0.4, -0.2) is 50.7 Å². The van der Waals surface area contributed by atoms with Gasteiger partial charge in [-0.2, -0.15) is 5.10 Å². The Balaban J connectivity index is 1.55. The van der Waals surface area contributed by atoms with E-state index in [-0.39, 0.29) is 12.0 Å². The first-order chi connectivity index (χ1) is 11.6. The summed E-state index contributed by atoms with van der Waals surface area (Å²) in [6.07, 6.45) is 2.80. The molecule has 0 radical (unpaired) electrons. The number of fused-ring (bicyclic) bond motifs is 1. The van der Waals surface area contributed by atoms with E-state index in [4.69, 9.17) is 4.74 Å². The molecule has 4 rings (SSSR count). The molecule has 7 heteroatoms. The van der Waals surface area contributed by atoms with Crippen LogP contribution in [0.4, 0.5) is 0 Å². The second-order valence-electron chi connectivity index (χ2n) is 6.47. The molecule has 0 unspecified atom stereocenters. The molecule has 1 fully saturated rings. The van der Waals surface area contributed by atoms with Crippen molar-refractivity contribution in [3.05, 3.63) is 40.2 Å². The Labute approximate surface area is 140 Å². The average molecular weight is 327 g/mol. The van der Waals surface area contributed by atoms with E-state index in [0.29, 0.717) is 25.4 Å². The van der Waals surface area contributed by atoms with Crippen LogP contribution in [0.5, 0.6) is 0 Å². The van der Waals surface area contributed by atoms with Crippen molar-refractivity contribution >= 4 is 5.91 Å². The number of hydrogen-bond donors (Lipinski definition) is 1. The Morgan fingerprint density at radius 1 is 1.33 bits per heavy atom. The number of carbonyl (C=O) groups is 1. The molecule has 2 aromatic rings. The van der Waals surface area contributed by atoms with Crippen LogP contribution >= 0.6 is 0 Å². The number of hydrogen-bond acceptors (Lipinski definition) is 5. The zero-order chi connectivity index (χ0) is 16.7. The second kappa shape index (κ2) is 5.98. The molecule has 1 saturated heterocycles. The van der Waals surface area contributed by atoms with E-state index >= 15 is 0 Å². The number of ether oxygens (including phenoxy) is 1. The summed E-state index contributed by atoms with van der Waals surface area (Å²) in [6.45, 7) is 5.40. The first-order valence-electron chi connectivity index (χ1n) is 8.41. The van der Waals surface area contributed by atoms with Gasteiger partial charge in [-0.3, -0.25) is 9.89 Å². The molecule has 1 atom stereocenters. The number of morpholine rings is 1. The summed E-state index contributed by atoms with van der Waals surface area (Å²) in [5.41, 5.74) is 4.54. The predicted octanol–water partition coefficient (Wildman–Crippen LogP) is 1.52. The summed E-state index contributed by atoms with van der Waals surface area (Å²) in [4.78, 5) is 23.5. The molecule has 2 aliphatic rings. The van der Waals surface area contributed by atoms with Crippen molar-refractivity contribution in [2.75, 3.05) is 19.7 Å². The Bertz CT molecular complexity index is 765. The zero-order valence-electron chi connectivity index (χ0n) is 14.0. The van der Waals surface area contributed by atoms with Gasteiger partial charge in [0.15, 0.2) is 5.69 Å². The summed E-state index contributed by atoms with van der Waals surface area (Å²) in [5, 5.41) is 7.27. The third-order valence-electron chi connectivity index (χ3n) is 4.68. The Morgan fingerprint density at radius 3 is 3.04 bits per heavy atom.